The van der Waals surface area contributed by atoms with Crippen molar-refractivity contribution in [2.75, 3.05) is 32.1 Å². The summed E-state index contributed by atoms with van der Waals surface area (Å²) in [7, 11) is 4.33. The lowest BCUT2D eigenvalue weighted by atomic mass is 9.89. The highest BCUT2D eigenvalue weighted by atomic mass is 16.1. The van der Waals surface area contributed by atoms with Crippen LogP contribution in [0.4, 0.5) is 5.69 Å². The zero-order valence-electron chi connectivity index (χ0n) is 18.0. The van der Waals surface area contributed by atoms with E-state index in [9.17, 15) is 4.79 Å². The van der Waals surface area contributed by atoms with Crippen molar-refractivity contribution in [3.8, 4) is 0 Å². The van der Waals surface area contributed by atoms with Gasteiger partial charge in [-0.25, -0.2) is 4.98 Å². The van der Waals surface area contributed by atoms with Gasteiger partial charge in [-0.2, -0.15) is 0 Å². The molecule has 1 fully saturated rings. The van der Waals surface area contributed by atoms with Gasteiger partial charge < -0.3 is 14.2 Å². The van der Waals surface area contributed by atoms with E-state index in [4.69, 9.17) is 4.98 Å². The SMILES string of the molecule is Cc1cn2cc(C3=Cc4ccc(N(C)C5CCN(C)C5)cc4CC3=O)nc2c(C)n1. The van der Waals surface area contributed by atoms with Crippen LogP contribution in [0.25, 0.3) is 17.3 Å². The molecule has 1 saturated heterocycles. The third-order valence-electron chi connectivity index (χ3n) is 6.40. The number of hydrogen-bond acceptors (Lipinski definition) is 5. The first-order valence-corrected chi connectivity index (χ1v) is 10.5. The molecule has 0 amide bonds. The largest absolute Gasteiger partial charge is 0.370 e. The average Bonchev–Trinajstić information content (AvgIpc) is 3.33. The molecule has 1 unspecified atom stereocenters. The smallest absolute Gasteiger partial charge is 0.169 e. The molecule has 1 aromatic carbocycles. The number of carbonyl (C=O) groups is 1. The summed E-state index contributed by atoms with van der Waals surface area (Å²) in [6.07, 6.45) is 7.46. The van der Waals surface area contributed by atoms with Gasteiger partial charge in [0.1, 0.15) is 0 Å². The number of Topliss-reactive ketones (excluding diaryl/α,β-unsaturated/α-hetero) is 1. The Bertz CT molecular complexity index is 1190. The zero-order chi connectivity index (χ0) is 21.0. The van der Waals surface area contributed by atoms with Gasteiger partial charge in [-0.1, -0.05) is 6.07 Å². The first-order chi connectivity index (χ1) is 14.4. The Morgan fingerprint density at radius 1 is 1.17 bits per heavy atom. The van der Waals surface area contributed by atoms with E-state index in [0.717, 1.165) is 46.9 Å². The number of likely N-dealkylation sites (tertiary alicyclic amines) is 1. The van der Waals surface area contributed by atoms with Crippen LogP contribution in [0.2, 0.25) is 0 Å². The number of rotatable bonds is 3. The number of anilines is 1. The minimum Gasteiger partial charge on any atom is -0.370 e. The third-order valence-corrected chi connectivity index (χ3v) is 6.40. The number of likely N-dealkylation sites (N-methyl/N-ethyl adjacent to an activating group) is 2. The summed E-state index contributed by atoms with van der Waals surface area (Å²) in [5.41, 5.74) is 7.39. The van der Waals surface area contributed by atoms with Crippen molar-refractivity contribution in [1.82, 2.24) is 19.3 Å². The normalized spacial score (nSPS) is 19.3. The molecular formula is C24H27N5O. The summed E-state index contributed by atoms with van der Waals surface area (Å²) in [6.45, 7) is 6.13. The van der Waals surface area contributed by atoms with Crippen LogP contribution in [-0.4, -0.2) is 58.3 Å². The van der Waals surface area contributed by atoms with Crippen LogP contribution in [0.5, 0.6) is 0 Å². The fraction of sp³-hybridized carbons (Fsp3) is 0.375. The number of hydrogen-bond donors (Lipinski definition) is 0. The van der Waals surface area contributed by atoms with E-state index in [2.05, 4.69) is 47.1 Å². The molecule has 1 aliphatic heterocycles. The quantitative estimate of drug-likeness (QED) is 0.675. The van der Waals surface area contributed by atoms with Gasteiger partial charge in [-0.05, 0) is 63.2 Å². The van der Waals surface area contributed by atoms with Crippen molar-refractivity contribution in [2.24, 2.45) is 0 Å². The second kappa shape index (κ2) is 7.06. The first kappa shape index (κ1) is 19.0. The number of aryl methyl sites for hydroxylation is 2. The predicted octanol–water partition coefficient (Wildman–Crippen LogP) is 3.15. The molecule has 2 aliphatic rings. The molecule has 6 heteroatoms. The highest BCUT2D eigenvalue weighted by Gasteiger charge is 2.26. The summed E-state index contributed by atoms with van der Waals surface area (Å²) < 4.78 is 1.97. The van der Waals surface area contributed by atoms with Gasteiger partial charge in [0.05, 0.1) is 17.1 Å². The molecule has 0 bridgehead atoms. The van der Waals surface area contributed by atoms with Crippen LogP contribution in [0.1, 0.15) is 34.6 Å². The van der Waals surface area contributed by atoms with Crippen molar-refractivity contribution in [2.45, 2.75) is 32.7 Å². The highest BCUT2D eigenvalue weighted by molar-refractivity contribution is 6.27. The second-order valence-electron chi connectivity index (χ2n) is 8.68. The Hall–Kier alpha value is -2.99. The Balaban J connectivity index is 1.49. The summed E-state index contributed by atoms with van der Waals surface area (Å²) in [6, 6.07) is 7.01. The number of allylic oxidation sites excluding steroid dienone is 1. The standard InChI is InChI=1S/C24H27N5O/c1-15-12-29-14-22(26-24(29)16(2)25-15)21-10-17-5-6-19(9-18(17)11-23(21)30)28(4)20-7-8-27(3)13-20/h5-6,9-10,12,14,20H,7-8,11,13H2,1-4H3. The average molecular weight is 402 g/mol. The molecule has 154 valence electrons. The van der Waals surface area contributed by atoms with Crippen molar-refractivity contribution in [3.05, 3.63) is 58.8 Å². The fourth-order valence-electron chi connectivity index (χ4n) is 4.70. The molecule has 0 radical (unpaired) electrons. The number of benzene rings is 1. The number of aromatic nitrogens is 3. The lowest BCUT2D eigenvalue weighted by molar-refractivity contribution is -0.113. The Morgan fingerprint density at radius 2 is 2.00 bits per heavy atom. The van der Waals surface area contributed by atoms with E-state index in [1.807, 2.05) is 36.7 Å². The van der Waals surface area contributed by atoms with Crippen LogP contribution < -0.4 is 4.90 Å². The minimum absolute atomic E-state index is 0.119. The van der Waals surface area contributed by atoms with E-state index < -0.39 is 0 Å². The molecule has 1 aliphatic carbocycles. The van der Waals surface area contributed by atoms with Gasteiger partial charge in [0.15, 0.2) is 11.4 Å². The van der Waals surface area contributed by atoms with E-state index in [1.165, 1.54) is 12.1 Å². The van der Waals surface area contributed by atoms with Gasteiger partial charge in [0.2, 0.25) is 0 Å². The summed E-state index contributed by atoms with van der Waals surface area (Å²) in [4.78, 5) is 26.9. The second-order valence-corrected chi connectivity index (χ2v) is 8.68. The van der Waals surface area contributed by atoms with Crippen molar-refractivity contribution >= 4 is 28.8 Å². The van der Waals surface area contributed by atoms with Gasteiger partial charge in [-0.3, -0.25) is 9.78 Å². The molecule has 6 nitrogen and oxygen atoms in total. The van der Waals surface area contributed by atoms with Crippen molar-refractivity contribution in [1.29, 1.82) is 0 Å². The lowest BCUT2D eigenvalue weighted by Crippen LogP contribution is -2.33. The zero-order valence-corrected chi connectivity index (χ0v) is 18.0. The molecule has 5 rings (SSSR count). The van der Waals surface area contributed by atoms with E-state index in [0.29, 0.717) is 18.0 Å². The van der Waals surface area contributed by atoms with Gasteiger partial charge >= 0.3 is 0 Å². The van der Waals surface area contributed by atoms with Crippen molar-refractivity contribution < 1.29 is 4.79 Å². The van der Waals surface area contributed by atoms with Crippen LogP contribution in [0.15, 0.2) is 30.6 Å². The summed E-state index contributed by atoms with van der Waals surface area (Å²) >= 11 is 0. The highest BCUT2D eigenvalue weighted by Crippen LogP contribution is 2.31. The maximum absolute atomic E-state index is 13.0. The van der Waals surface area contributed by atoms with Gasteiger partial charge in [-0.15, -0.1) is 0 Å². The summed E-state index contributed by atoms with van der Waals surface area (Å²) in [5, 5.41) is 0. The monoisotopic (exact) mass is 401 g/mol. The molecular weight excluding hydrogens is 374 g/mol. The molecule has 3 heterocycles. The molecule has 1 atom stereocenters. The predicted molar refractivity (Wildman–Crippen MR) is 120 cm³/mol. The van der Waals surface area contributed by atoms with Gasteiger partial charge in [0.25, 0.3) is 0 Å². The van der Waals surface area contributed by atoms with Gasteiger partial charge in [0, 0.05) is 49.7 Å². The molecule has 2 aromatic heterocycles. The van der Waals surface area contributed by atoms with Crippen LogP contribution >= 0.6 is 0 Å². The molecule has 3 aromatic rings. The molecule has 30 heavy (non-hydrogen) atoms. The third kappa shape index (κ3) is 3.21. The molecule has 0 saturated carbocycles. The van der Waals surface area contributed by atoms with E-state index in [-0.39, 0.29) is 5.78 Å². The number of nitrogens with zero attached hydrogens (tertiary/aromatic N) is 5. The summed E-state index contributed by atoms with van der Waals surface area (Å²) in [5.74, 6) is 0.119. The van der Waals surface area contributed by atoms with Crippen LogP contribution in [0.3, 0.4) is 0 Å². The van der Waals surface area contributed by atoms with E-state index in [1.54, 1.807) is 0 Å². The van der Waals surface area contributed by atoms with Crippen LogP contribution in [0, 0.1) is 13.8 Å². The number of imidazole rings is 1. The number of ketones is 1. The first-order valence-electron chi connectivity index (χ1n) is 10.5. The van der Waals surface area contributed by atoms with E-state index >= 15 is 0 Å². The Labute approximate surface area is 176 Å². The lowest BCUT2D eigenvalue weighted by Gasteiger charge is -2.28. The topological polar surface area (TPSA) is 53.7 Å². The Kier molecular flexibility index (Phi) is 4.47. The maximum atomic E-state index is 13.0. The van der Waals surface area contributed by atoms with Crippen molar-refractivity contribution in [3.63, 3.8) is 0 Å². The molecule has 0 N–H and O–H groups in total. The minimum atomic E-state index is 0.119. The molecule has 0 spiro atoms. The number of carbonyl (C=O) groups excluding carboxylic acids is 1. The number of fused-ring (bicyclic) bond motifs is 2. The maximum Gasteiger partial charge on any atom is 0.169 e. The Morgan fingerprint density at radius 3 is 2.77 bits per heavy atom. The van der Waals surface area contributed by atoms with Crippen LogP contribution in [-0.2, 0) is 11.2 Å². The fourth-order valence-corrected chi connectivity index (χ4v) is 4.70.